The fourth-order valence-corrected chi connectivity index (χ4v) is 8.72. The lowest BCUT2D eigenvalue weighted by Gasteiger charge is -2.39. The van der Waals surface area contributed by atoms with Crippen LogP contribution in [-0.2, 0) is 28.5 Å². The zero-order chi connectivity index (χ0) is 45.9. The Balaban J connectivity index is 2.19. The molecule has 1 aliphatic heterocycles. The fourth-order valence-electron chi connectivity index (χ4n) is 8.72. The largest absolute Gasteiger partial charge is 0.462 e. The highest BCUT2D eigenvalue weighted by molar-refractivity contribution is 5.70. The van der Waals surface area contributed by atoms with Crippen molar-refractivity contribution in [1.29, 1.82) is 0 Å². The summed E-state index contributed by atoms with van der Waals surface area (Å²) in [4.78, 5) is 25.4. The molecule has 0 aromatic rings. The van der Waals surface area contributed by atoms with Gasteiger partial charge >= 0.3 is 11.9 Å². The van der Waals surface area contributed by atoms with E-state index in [0.29, 0.717) is 6.42 Å². The van der Waals surface area contributed by atoms with Gasteiger partial charge in [-0.1, -0.05) is 245 Å². The van der Waals surface area contributed by atoms with Gasteiger partial charge in [0.1, 0.15) is 31.0 Å². The summed E-state index contributed by atoms with van der Waals surface area (Å²) in [5.41, 5.74) is 0. The normalized spacial score (nSPS) is 19.4. The lowest BCUT2D eigenvalue weighted by Crippen LogP contribution is -2.59. The molecule has 1 fully saturated rings. The van der Waals surface area contributed by atoms with Gasteiger partial charge in [0, 0.05) is 12.8 Å². The van der Waals surface area contributed by atoms with Crippen molar-refractivity contribution in [2.24, 2.45) is 0 Å². The highest BCUT2D eigenvalue weighted by Gasteiger charge is 2.44. The lowest BCUT2D eigenvalue weighted by molar-refractivity contribution is -0.305. The van der Waals surface area contributed by atoms with Gasteiger partial charge < -0.3 is 39.4 Å². The summed E-state index contributed by atoms with van der Waals surface area (Å²) in [5.74, 6) is -0.785. The van der Waals surface area contributed by atoms with E-state index in [-0.39, 0.29) is 32.0 Å². The summed E-state index contributed by atoms with van der Waals surface area (Å²) in [7, 11) is 0. The van der Waals surface area contributed by atoms with Crippen LogP contribution in [0.1, 0.15) is 271 Å². The Bertz CT molecular complexity index is 995. The summed E-state index contributed by atoms with van der Waals surface area (Å²) in [6.07, 6.45) is 41.2. The highest BCUT2D eigenvalue weighted by Crippen LogP contribution is 2.23. The number of ether oxygens (including phenoxy) is 4. The molecule has 1 rings (SSSR count). The van der Waals surface area contributed by atoms with E-state index in [0.717, 1.165) is 32.1 Å². The summed E-state index contributed by atoms with van der Waals surface area (Å²) in [6.45, 7) is 3.48. The van der Waals surface area contributed by atoms with Crippen LogP contribution in [0.2, 0.25) is 0 Å². The Morgan fingerprint density at radius 2 is 0.746 bits per heavy atom. The first-order chi connectivity index (χ1) is 30.8. The molecule has 0 saturated carbocycles. The van der Waals surface area contributed by atoms with Crippen LogP contribution < -0.4 is 0 Å². The number of carbonyl (C=O) groups excluding carboxylic acids is 2. The maximum atomic E-state index is 12.8. The first-order valence-electron chi connectivity index (χ1n) is 27.1. The van der Waals surface area contributed by atoms with E-state index in [1.54, 1.807) is 0 Å². The monoisotopic (exact) mass is 899 g/mol. The predicted octanol–water partition coefficient (Wildman–Crippen LogP) is 12.9. The summed E-state index contributed by atoms with van der Waals surface area (Å²) in [6, 6.07) is 0. The van der Waals surface area contributed by atoms with Gasteiger partial charge in [0.2, 0.25) is 0 Å². The van der Waals surface area contributed by atoms with Crippen LogP contribution in [0, 0.1) is 0 Å². The van der Waals surface area contributed by atoms with Crippen molar-refractivity contribution in [2.45, 2.75) is 307 Å². The van der Waals surface area contributed by atoms with Crippen molar-refractivity contribution in [3.05, 3.63) is 0 Å². The first kappa shape index (κ1) is 59.7. The molecular formula is C53H102O10. The van der Waals surface area contributed by atoms with E-state index in [1.165, 1.54) is 205 Å². The van der Waals surface area contributed by atoms with Gasteiger partial charge in [-0.3, -0.25) is 9.59 Å². The molecule has 0 aromatic heterocycles. The van der Waals surface area contributed by atoms with Crippen LogP contribution in [-0.4, -0.2) is 89.0 Å². The van der Waals surface area contributed by atoms with E-state index in [2.05, 4.69) is 13.8 Å². The van der Waals surface area contributed by atoms with Crippen molar-refractivity contribution < 1.29 is 49.0 Å². The van der Waals surface area contributed by atoms with Crippen LogP contribution in [0.3, 0.4) is 0 Å². The summed E-state index contributed by atoms with van der Waals surface area (Å²) < 4.78 is 22.3. The van der Waals surface area contributed by atoms with Crippen LogP contribution in [0.25, 0.3) is 0 Å². The Labute approximate surface area is 387 Å². The third kappa shape index (κ3) is 35.6. The molecule has 1 saturated heterocycles. The average Bonchev–Trinajstić information content (AvgIpc) is 3.28. The molecule has 6 unspecified atom stereocenters. The zero-order valence-electron chi connectivity index (χ0n) is 41.1. The molecule has 1 heterocycles. The zero-order valence-corrected chi connectivity index (χ0v) is 41.1. The van der Waals surface area contributed by atoms with Crippen molar-refractivity contribution >= 4 is 11.9 Å². The van der Waals surface area contributed by atoms with Crippen molar-refractivity contribution in [3.8, 4) is 0 Å². The van der Waals surface area contributed by atoms with E-state index in [9.17, 15) is 30.0 Å². The van der Waals surface area contributed by atoms with E-state index in [4.69, 9.17) is 18.9 Å². The molecule has 0 aromatic carbocycles. The number of hydrogen-bond donors (Lipinski definition) is 4. The first-order valence-corrected chi connectivity index (χ1v) is 27.1. The van der Waals surface area contributed by atoms with Gasteiger partial charge in [-0.2, -0.15) is 0 Å². The third-order valence-corrected chi connectivity index (χ3v) is 13.0. The average molecular weight is 899 g/mol. The molecule has 1 aliphatic rings. The second-order valence-electron chi connectivity index (χ2n) is 19.1. The molecule has 0 bridgehead atoms. The number of hydrogen-bond acceptors (Lipinski definition) is 10. The Hall–Kier alpha value is -1.30. The van der Waals surface area contributed by atoms with Crippen LogP contribution >= 0.6 is 0 Å². The van der Waals surface area contributed by atoms with Gasteiger partial charge in [-0.25, -0.2) is 0 Å². The molecule has 374 valence electrons. The molecule has 10 heteroatoms. The molecule has 63 heavy (non-hydrogen) atoms. The van der Waals surface area contributed by atoms with Crippen molar-refractivity contribution in [3.63, 3.8) is 0 Å². The fraction of sp³-hybridized carbons (Fsp3) is 0.962. The molecule has 6 atom stereocenters. The van der Waals surface area contributed by atoms with Crippen LogP contribution in [0.5, 0.6) is 0 Å². The van der Waals surface area contributed by atoms with Gasteiger partial charge in [-0.15, -0.1) is 0 Å². The minimum Gasteiger partial charge on any atom is -0.462 e. The number of rotatable bonds is 47. The molecule has 4 N–H and O–H groups in total. The van der Waals surface area contributed by atoms with Crippen molar-refractivity contribution in [1.82, 2.24) is 0 Å². The number of aliphatic hydroxyl groups is 4. The van der Waals surface area contributed by atoms with E-state index < -0.39 is 49.4 Å². The third-order valence-electron chi connectivity index (χ3n) is 13.0. The molecule has 0 aliphatic carbocycles. The smallest absolute Gasteiger partial charge is 0.306 e. The van der Waals surface area contributed by atoms with Crippen molar-refractivity contribution in [2.75, 3.05) is 19.8 Å². The second kappa shape index (κ2) is 44.5. The Morgan fingerprint density at radius 3 is 1.08 bits per heavy atom. The highest BCUT2D eigenvalue weighted by atomic mass is 16.7. The Morgan fingerprint density at radius 1 is 0.429 bits per heavy atom. The van der Waals surface area contributed by atoms with E-state index in [1.807, 2.05) is 0 Å². The lowest BCUT2D eigenvalue weighted by atomic mass is 9.99. The topological polar surface area (TPSA) is 152 Å². The second-order valence-corrected chi connectivity index (χ2v) is 19.1. The molecule has 0 amide bonds. The number of unbranched alkanes of at least 4 members (excludes halogenated alkanes) is 36. The van der Waals surface area contributed by atoms with Gasteiger partial charge in [-0.05, 0) is 12.8 Å². The number of esters is 2. The van der Waals surface area contributed by atoms with Crippen LogP contribution in [0.4, 0.5) is 0 Å². The van der Waals surface area contributed by atoms with Crippen LogP contribution in [0.15, 0.2) is 0 Å². The molecular weight excluding hydrogens is 797 g/mol. The molecule has 0 spiro atoms. The van der Waals surface area contributed by atoms with Gasteiger partial charge in [0.05, 0.1) is 13.2 Å². The minimum atomic E-state index is -1.59. The van der Waals surface area contributed by atoms with E-state index >= 15 is 0 Å². The number of carbonyl (C=O) groups is 2. The maximum absolute atomic E-state index is 12.8. The maximum Gasteiger partial charge on any atom is 0.306 e. The van der Waals surface area contributed by atoms with Gasteiger partial charge in [0.25, 0.3) is 0 Å². The Kier molecular flexibility index (Phi) is 42.2. The van der Waals surface area contributed by atoms with Gasteiger partial charge in [0.15, 0.2) is 12.4 Å². The predicted molar refractivity (Wildman–Crippen MR) is 257 cm³/mol. The standard InChI is InChI=1S/C53H102O10/c1-3-5-7-9-11-13-15-17-19-20-21-22-23-24-25-26-27-28-30-32-34-36-38-40-42-49(56)62-46(45-61-53-52(59)51(58)50(57)47(43-54)63-53)44-60-48(55)41-39-37-35-33-31-29-18-16-14-12-10-8-6-4-2/h46-47,50-54,57-59H,3-45H2,1-2H3. The quantitative estimate of drug-likeness (QED) is 0.0343. The molecule has 0 radical (unpaired) electrons. The summed E-state index contributed by atoms with van der Waals surface area (Å²) in [5, 5.41) is 40.2. The SMILES string of the molecule is CCCCCCCCCCCCCCCCCCCCCCCCCCC(=O)OC(COC(=O)CCCCCCCCCCCCCCCC)COC1OC(CO)C(O)C(O)C1O. The summed E-state index contributed by atoms with van der Waals surface area (Å²) >= 11 is 0. The number of aliphatic hydroxyl groups excluding tert-OH is 4. The molecule has 10 nitrogen and oxygen atoms in total. The minimum absolute atomic E-state index is 0.208.